The summed E-state index contributed by atoms with van der Waals surface area (Å²) in [6.07, 6.45) is 0. The highest BCUT2D eigenvalue weighted by atomic mass is 127. The van der Waals surface area contributed by atoms with Crippen LogP contribution in [0.3, 0.4) is 0 Å². The van der Waals surface area contributed by atoms with Gasteiger partial charge in [0.1, 0.15) is 5.75 Å². The van der Waals surface area contributed by atoms with E-state index in [4.69, 9.17) is 4.74 Å². The van der Waals surface area contributed by atoms with Gasteiger partial charge in [-0.25, -0.2) is 0 Å². The van der Waals surface area contributed by atoms with Crippen molar-refractivity contribution >= 4 is 28.3 Å². The summed E-state index contributed by atoms with van der Waals surface area (Å²) in [5, 5.41) is 3.50. The molecule has 2 nitrogen and oxygen atoms in total. The van der Waals surface area contributed by atoms with E-state index < -0.39 is 0 Å². The number of methoxy groups -OCH3 is 1. The standard InChI is InChI=1S/C16H18INO/c1-11-4-9-15(16(10-11)19-3)12(2)18-14-7-5-13(17)6-8-14/h4-10,12,18H,1-3H3. The van der Waals surface area contributed by atoms with Crippen molar-refractivity contribution < 1.29 is 4.74 Å². The van der Waals surface area contributed by atoms with Crippen LogP contribution in [0.15, 0.2) is 42.5 Å². The number of aryl methyl sites for hydroxylation is 1. The van der Waals surface area contributed by atoms with Crippen molar-refractivity contribution in [2.45, 2.75) is 19.9 Å². The minimum Gasteiger partial charge on any atom is -0.496 e. The van der Waals surface area contributed by atoms with E-state index >= 15 is 0 Å². The maximum absolute atomic E-state index is 5.46. The average molecular weight is 367 g/mol. The van der Waals surface area contributed by atoms with Gasteiger partial charge >= 0.3 is 0 Å². The molecule has 1 unspecified atom stereocenters. The summed E-state index contributed by atoms with van der Waals surface area (Å²) in [5.74, 6) is 0.936. The fourth-order valence-electron chi connectivity index (χ4n) is 2.05. The molecule has 2 aromatic rings. The molecule has 0 fully saturated rings. The Bertz CT molecular complexity index is 551. The second-order valence-corrected chi connectivity index (χ2v) is 5.86. The Hall–Kier alpha value is -1.23. The summed E-state index contributed by atoms with van der Waals surface area (Å²) in [6, 6.07) is 14.9. The van der Waals surface area contributed by atoms with Crippen LogP contribution in [-0.4, -0.2) is 7.11 Å². The highest BCUT2D eigenvalue weighted by Crippen LogP contribution is 2.28. The second-order valence-electron chi connectivity index (χ2n) is 4.62. The number of nitrogens with one attached hydrogen (secondary N) is 1. The van der Waals surface area contributed by atoms with Crippen molar-refractivity contribution in [3.63, 3.8) is 0 Å². The summed E-state index contributed by atoms with van der Waals surface area (Å²) < 4.78 is 6.70. The smallest absolute Gasteiger partial charge is 0.124 e. The third-order valence-corrected chi connectivity index (χ3v) is 3.80. The topological polar surface area (TPSA) is 21.3 Å². The highest BCUT2D eigenvalue weighted by molar-refractivity contribution is 14.1. The van der Waals surface area contributed by atoms with Gasteiger partial charge in [0.2, 0.25) is 0 Å². The molecule has 19 heavy (non-hydrogen) atoms. The van der Waals surface area contributed by atoms with Crippen molar-refractivity contribution in [1.82, 2.24) is 0 Å². The molecule has 100 valence electrons. The quantitative estimate of drug-likeness (QED) is 0.786. The summed E-state index contributed by atoms with van der Waals surface area (Å²) in [4.78, 5) is 0. The van der Waals surface area contributed by atoms with E-state index in [0.717, 1.165) is 11.4 Å². The lowest BCUT2D eigenvalue weighted by Gasteiger charge is -2.19. The maximum Gasteiger partial charge on any atom is 0.124 e. The molecular weight excluding hydrogens is 349 g/mol. The Balaban J connectivity index is 2.19. The summed E-state index contributed by atoms with van der Waals surface area (Å²) in [6.45, 7) is 4.22. The van der Waals surface area contributed by atoms with E-state index in [-0.39, 0.29) is 6.04 Å². The van der Waals surface area contributed by atoms with Gasteiger partial charge in [-0.15, -0.1) is 0 Å². The van der Waals surface area contributed by atoms with E-state index in [1.54, 1.807) is 7.11 Å². The molecule has 0 saturated heterocycles. The van der Waals surface area contributed by atoms with Gasteiger partial charge in [-0.3, -0.25) is 0 Å². The van der Waals surface area contributed by atoms with Gasteiger partial charge in [0.25, 0.3) is 0 Å². The summed E-state index contributed by atoms with van der Waals surface area (Å²) in [5.41, 5.74) is 3.50. The molecule has 0 aliphatic heterocycles. The van der Waals surface area contributed by atoms with E-state index in [0.29, 0.717) is 0 Å². The molecule has 0 saturated carbocycles. The Morgan fingerprint density at radius 3 is 2.42 bits per heavy atom. The molecule has 0 amide bonds. The highest BCUT2D eigenvalue weighted by Gasteiger charge is 2.11. The van der Waals surface area contributed by atoms with E-state index in [9.17, 15) is 0 Å². The zero-order valence-corrected chi connectivity index (χ0v) is 13.6. The first kappa shape index (κ1) is 14.2. The SMILES string of the molecule is COc1cc(C)ccc1C(C)Nc1ccc(I)cc1. The summed E-state index contributed by atoms with van der Waals surface area (Å²) >= 11 is 2.31. The monoisotopic (exact) mass is 367 g/mol. The van der Waals surface area contributed by atoms with Crippen LogP contribution < -0.4 is 10.1 Å². The number of anilines is 1. The minimum absolute atomic E-state index is 0.204. The van der Waals surface area contributed by atoms with Gasteiger partial charge in [0.05, 0.1) is 13.2 Å². The molecule has 1 N–H and O–H groups in total. The van der Waals surface area contributed by atoms with Crippen LogP contribution >= 0.6 is 22.6 Å². The Morgan fingerprint density at radius 2 is 1.79 bits per heavy atom. The van der Waals surface area contributed by atoms with E-state index in [2.05, 4.69) is 84.2 Å². The number of ether oxygens (including phenoxy) is 1. The molecule has 0 aliphatic rings. The molecule has 1 atom stereocenters. The molecule has 0 spiro atoms. The lowest BCUT2D eigenvalue weighted by Crippen LogP contribution is -2.08. The lowest BCUT2D eigenvalue weighted by atomic mass is 10.0. The zero-order valence-electron chi connectivity index (χ0n) is 11.4. The predicted octanol–water partition coefficient (Wildman–Crippen LogP) is 4.78. The van der Waals surface area contributed by atoms with Gasteiger partial charge in [0, 0.05) is 14.8 Å². The van der Waals surface area contributed by atoms with Crippen LogP contribution in [0.4, 0.5) is 5.69 Å². The molecule has 0 radical (unpaired) electrons. The molecular formula is C16H18INO. The van der Waals surface area contributed by atoms with Crippen LogP contribution in [0, 0.1) is 10.5 Å². The van der Waals surface area contributed by atoms with Crippen LogP contribution in [0.5, 0.6) is 5.75 Å². The second kappa shape index (κ2) is 6.28. The molecule has 3 heteroatoms. The van der Waals surface area contributed by atoms with Gasteiger partial charge in [-0.2, -0.15) is 0 Å². The Kier molecular flexibility index (Phi) is 4.69. The maximum atomic E-state index is 5.46. The first-order chi connectivity index (χ1) is 9.10. The lowest BCUT2D eigenvalue weighted by molar-refractivity contribution is 0.407. The first-order valence-electron chi connectivity index (χ1n) is 6.27. The van der Waals surface area contributed by atoms with Gasteiger partial charge in [-0.1, -0.05) is 12.1 Å². The Morgan fingerprint density at radius 1 is 1.11 bits per heavy atom. The third-order valence-electron chi connectivity index (χ3n) is 3.08. The number of rotatable bonds is 4. The van der Waals surface area contributed by atoms with E-state index in [1.807, 2.05) is 0 Å². The number of benzene rings is 2. The third kappa shape index (κ3) is 3.62. The van der Waals surface area contributed by atoms with Gasteiger partial charge in [0.15, 0.2) is 0 Å². The fourth-order valence-corrected chi connectivity index (χ4v) is 2.41. The minimum atomic E-state index is 0.204. The van der Waals surface area contributed by atoms with Gasteiger partial charge in [-0.05, 0) is 72.3 Å². The summed E-state index contributed by atoms with van der Waals surface area (Å²) in [7, 11) is 1.72. The zero-order chi connectivity index (χ0) is 13.8. The molecule has 0 aromatic heterocycles. The van der Waals surface area contributed by atoms with Crippen LogP contribution in [-0.2, 0) is 0 Å². The first-order valence-corrected chi connectivity index (χ1v) is 7.34. The van der Waals surface area contributed by atoms with Crippen LogP contribution in [0.1, 0.15) is 24.1 Å². The average Bonchev–Trinajstić information content (AvgIpc) is 2.41. The number of hydrogen-bond donors (Lipinski definition) is 1. The normalized spacial score (nSPS) is 12.0. The fraction of sp³-hybridized carbons (Fsp3) is 0.250. The van der Waals surface area contributed by atoms with Gasteiger partial charge < -0.3 is 10.1 Å². The molecule has 2 rings (SSSR count). The van der Waals surface area contributed by atoms with Crippen LogP contribution in [0.25, 0.3) is 0 Å². The van der Waals surface area contributed by atoms with Crippen molar-refractivity contribution in [2.75, 3.05) is 12.4 Å². The van der Waals surface area contributed by atoms with Crippen molar-refractivity contribution in [3.8, 4) is 5.75 Å². The molecule has 2 aromatic carbocycles. The van der Waals surface area contributed by atoms with Crippen molar-refractivity contribution in [3.05, 3.63) is 57.2 Å². The predicted molar refractivity (Wildman–Crippen MR) is 88.9 cm³/mol. The number of halogens is 1. The molecule has 0 aliphatic carbocycles. The molecule has 0 heterocycles. The van der Waals surface area contributed by atoms with E-state index in [1.165, 1.54) is 14.7 Å². The number of hydrogen-bond acceptors (Lipinski definition) is 2. The molecule has 0 bridgehead atoms. The van der Waals surface area contributed by atoms with Crippen molar-refractivity contribution in [2.24, 2.45) is 0 Å². The van der Waals surface area contributed by atoms with Crippen molar-refractivity contribution in [1.29, 1.82) is 0 Å². The Labute approximate surface area is 128 Å². The van der Waals surface area contributed by atoms with Crippen LogP contribution in [0.2, 0.25) is 0 Å². The largest absolute Gasteiger partial charge is 0.496 e.